The minimum absolute atomic E-state index is 0.0523. The van der Waals surface area contributed by atoms with Gasteiger partial charge in [-0.15, -0.1) is 0 Å². The molecule has 3 rings (SSSR count). The lowest BCUT2D eigenvalue weighted by molar-refractivity contribution is -0.126. The van der Waals surface area contributed by atoms with Crippen LogP contribution in [0.5, 0.6) is 11.5 Å². The van der Waals surface area contributed by atoms with Crippen molar-refractivity contribution in [1.29, 1.82) is 0 Å². The number of rotatable bonds is 6. The number of ether oxygens (including phenoxy) is 2. The molecule has 0 aliphatic rings. The van der Waals surface area contributed by atoms with Gasteiger partial charge >= 0.3 is 0 Å². The number of hydrogen-bond acceptors (Lipinski definition) is 6. The van der Waals surface area contributed by atoms with Gasteiger partial charge in [-0.3, -0.25) is 4.79 Å². The molecule has 1 amide bonds. The number of fused-ring (bicyclic) bond motifs is 1. The largest absolute Gasteiger partial charge is 0.493 e. The van der Waals surface area contributed by atoms with Crippen LogP contribution in [0.2, 0.25) is 0 Å². The molecule has 3 aromatic rings. The molecule has 0 saturated carbocycles. The van der Waals surface area contributed by atoms with E-state index < -0.39 is 0 Å². The smallest absolute Gasteiger partial charge is 0.241 e. The molecule has 0 bridgehead atoms. The van der Waals surface area contributed by atoms with Crippen LogP contribution in [-0.4, -0.2) is 55.6 Å². The normalized spacial score (nSPS) is 10.5. The molecule has 1 heterocycles. The first-order chi connectivity index (χ1) is 13.0. The summed E-state index contributed by atoms with van der Waals surface area (Å²) >= 11 is 0. The van der Waals surface area contributed by atoms with Gasteiger partial charge in [0.2, 0.25) is 5.91 Å². The summed E-state index contributed by atoms with van der Waals surface area (Å²) < 4.78 is 10.8. The zero-order valence-electron chi connectivity index (χ0n) is 15.8. The average molecular weight is 366 g/mol. The number of nitrogens with one attached hydrogen (secondary N) is 1. The fourth-order valence-electron chi connectivity index (χ4n) is 2.62. The maximum Gasteiger partial charge on any atom is 0.241 e. The van der Waals surface area contributed by atoms with Crippen molar-refractivity contribution in [1.82, 2.24) is 14.9 Å². The second kappa shape index (κ2) is 7.90. The summed E-state index contributed by atoms with van der Waals surface area (Å²) in [6.45, 7) is 0.127. The SMILES string of the molecule is COc1cc2nc(-c3ccccc3)nc(NCC(=O)N(C)C)c2cc1OC. The predicted octanol–water partition coefficient (Wildman–Crippen LogP) is 2.81. The van der Waals surface area contributed by atoms with E-state index in [1.165, 1.54) is 4.90 Å². The third-order valence-electron chi connectivity index (χ3n) is 4.14. The molecule has 0 fully saturated rings. The highest BCUT2D eigenvalue weighted by Crippen LogP contribution is 2.35. The average Bonchev–Trinajstić information content (AvgIpc) is 2.70. The molecule has 7 heteroatoms. The van der Waals surface area contributed by atoms with Crippen molar-refractivity contribution in [2.24, 2.45) is 0 Å². The first-order valence-corrected chi connectivity index (χ1v) is 8.46. The number of aromatic nitrogens is 2. The van der Waals surface area contributed by atoms with Gasteiger partial charge in [0.25, 0.3) is 0 Å². The monoisotopic (exact) mass is 366 g/mol. The van der Waals surface area contributed by atoms with Gasteiger partial charge in [0.05, 0.1) is 26.3 Å². The van der Waals surface area contributed by atoms with E-state index in [1.54, 1.807) is 34.4 Å². The third-order valence-corrected chi connectivity index (χ3v) is 4.14. The third kappa shape index (κ3) is 3.92. The van der Waals surface area contributed by atoms with E-state index in [9.17, 15) is 4.79 Å². The van der Waals surface area contributed by atoms with Crippen molar-refractivity contribution in [2.45, 2.75) is 0 Å². The topological polar surface area (TPSA) is 76.6 Å². The Bertz CT molecular complexity index is 958. The fraction of sp³-hybridized carbons (Fsp3) is 0.250. The molecule has 27 heavy (non-hydrogen) atoms. The quantitative estimate of drug-likeness (QED) is 0.723. The van der Waals surface area contributed by atoms with E-state index in [-0.39, 0.29) is 12.5 Å². The van der Waals surface area contributed by atoms with Crippen LogP contribution in [0.4, 0.5) is 5.82 Å². The van der Waals surface area contributed by atoms with Crippen LogP contribution < -0.4 is 14.8 Å². The Morgan fingerprint density at radius 3 is 2.33 bits per heavy atom. The van der Waals surface area contributed by atoms with E-state index in [0.29, 0.717) is 28.7 Å². The molecule has 1 aromatic heterocycles. The van der Waals surface area contributed by atoms with Crippen LogP contribution in [0, 0.1) is 0 Å². The summed E-state index contributed by atoms with van der Waals surface area (Å²) in [6, 6.07) is 13.3. The van der Waals surface area contributed by atoms with Crippen molar-refractivity contribution < 1.29 is 14.3 Å². The van der Waals surface area contributed by atoms with E-state index in [4.69, 9.17) is 9.47 Å². The molecular weight excluding hydrogens is 344 g/mol. The highest BCUT2D eigenvalue weighted by molar-refractivity contribution is 5.94. The molecule has 7 nitrogen and oxygen atoms in total. The molecule has 0 aliphatic heterocycles. The van der Waals surface area contributed by atoms with Crippen molar-refractivity contribution in [3.05, 3.63) is 42.5 Å². The Morgan fingerprint density at radius 1 is 1.04 bits per heavy atom. The number of benzene rings is 2. The number of likely N-dealkylation sites (N-methyl/N-ethyl adjacent to an activating group) is 1. The maximum atomic E-state index is 12.0. The number of methoxy groups -OCH3 is 2. The standard InChI is InChI=1S/C20H22N4O3/c1-24(2)18(25)12-21-20-14-10-16(26-3)17(27-4)11-15(14)22-19(23-20)13-8-6-5-7-9-13/h5-11H,12H2,1-4H3,(H,21,22,23). The van der Waals surface area contributed by atoms with Crippen molar-refractivity contribution in [2.75, 3.05) is 40.2 Å². The summed E-state index contributed by atoms with van der Waals surface area (Å²) in [5, 5.41) is 3.88. The van der Waals surface area contributed by atoms with Crippen molar-refractivity contribution in [3.8, 4) is 22.9 Å². The van der Waals surface area contributed by atoms with Gasteiger partial charge in [0, 0.05) is 31.1 Å². The van der Waals surface area contributed by atoms with E-state index >= 15 is 0 Å². The molecule has 140 valence electrons. The summed E-state index contributed by atoms with van der Waals surface area (Å²) in [6.07, 6.45) is 0. The summed E-state index contributed by atoms with van der Waals surface area (Å²) in [4.78, 5) is 22.8. The molecule has 0 aliphatic carbocycles. The van der Waals surface area contributed by atoms with Gasteiger partial charge in [0.15, 0.2) is 17.3 Å². The minimum atomic E-state index is -0.0523. The molecule has 0 spiro atoms. The number of carbonyl (C=O) groups excluding carboxylic acids is 1. The lowest BCUT2D eigenvalue weighted by atomic mass is 10.1. The highest BCUT2D eigenvalue weighted by Gasteiger charge is 2.15. The Balaban J connectivity index is 2.14. The molecule has 0 saturated heterocycles. The zero-order valence-corrected chi connectivity index (χ0v) is 15.8. The summed E-state index contributed by atoms with van der Waals surface area (Å²) in [5.74, 6) is 2.23. The van der Waals surface area contributed by atoms with Gasteiger partial charge in [0.1, 0.15) is 5.82 Å². The van der Waals surface area contributed by atoms with Gasteiger partial charge in [-0.05, 0) is 6.07 Å². The van der Waals surface area contributed by atoms with Crippen molar-refractivity contribution >= 4 is 22.6 Å². The molecule has 0 radical (unpaired) electrons. The molecule has 0 atom stereocenters. The Kier molecular flexibility index (Phi) is 5.40. The van der Waals surface area contributed by atoms with Crippen LogP contribution in [-0.2, 0) is 4.79 Å². The number of carbonyl (C=O) groups is 1. The molecule has 0 unspecified atom stereocenters. The summed E-state index contributed by atoms with van der Waals surface area (Å²) in [5.41, 5.74) is 1.58. The van der Waals surface area contributed by atoms with Crippen LogP contribution in [0.3, 0.4) is 0 Å². The van der Waals surface area contributed by atoms with Crippen molar-refractivity contribution in [3.63, 3.8) is 0 Å². The molecule has 1 N–H and O–H groups in total. The number of hydrogen-bond donors (Lipinski definition) is 1. The lowest BCUT2D eigenvalue weighted by Gasteiger charge is -2.15. The lowest BCUT2D eigenvalue weighted by Crippen LogP contribution is -2.28. The zero-order chi connectivity index (χ0) is 19.4. The Hall–Kier alpha value is -3.35. The fourth-order valence-corrected chi connectivity index (χ4v) is 2.62. The first kappa shape index (κ1) is 18.4. The van der Waals surface area contributed by atoms with Crippen LogP contribution in [0.1, 0.15) is 0 Å². The van der Waals surface area contributed by atoms with Crippen LogP contribution in [0.15, 0.2) is 42.5 Å². The molecule has 2 aromatic carbocycles. The Morgan fingerprint density at radius 2 is 1.70 bits per heavy atom. The minimum Gasteiger partial charge on any atom is -0.493 e. The molecular formula is C20H22N4O3. The van der Waals surface area contributed by atoms with Gasteiger partial charge in [-0.2, -0.15) is 0 Å². The summed E-state index contributed by atoms with van der Waals surface area (Å²) in [7, 11) is 6.58. The van der Waals surface area contributed by atoms with E-state index in [0.717, 1.165) is 10.9 Å². The first-order valence-electron chi connectivity index (χ1n) is 8.46. The van der Waals surface area contributed by atoms with E-state index in [2.05, 4.69) is 15.3 Å². The highest BCUT2D eigenvalue weighted by atomic mass is 16.5. The number of amides is 1. The number of anilines is 1. The maximum absolute atomic E-state index is 12.0. The van der Waals surface area contributed by atoms with Crippen LogP contribution in [0.25, 0.3) is 22.3 Å². The second-order valence-electron chi connectivity index (χ2n) is 6.13. The Labute approximate surface area is 157 Å². The van der Waals surface area contributed by atoms with E-state index in [1.807, 2.05) is 36.4 Å². The second-order valence-corrected chi connectivity index (χ2v) is 6.13. The van der Waals surface area contributed by atoms with Gasteiger partial charge in [-0.25, -0.2) is 9.97 Å². The predicted molar refractivity (Wildman–Crippen MR) is 105 cm³/mol. The number of nitrogens with zero attached hydrogens (tertiary/aromatic N) is 3. The van der Waals surface area contributed by atoms with Crippen LogP contribution >= 0.6 is 0 Å². The van der Waals surface area contributed by atoms with Gasteiger partial charge in [-0.1, -0.05) is 30.3 Å². The van der Waals surface area contributed by atoms with Gasteiger partial charge < -0.3 is 19.7 Å².